The Morgan fingerprint density at radius 3 is 2.67 bits per heavy atom. The van der Waals surface area contributed by atoms with Crippen LogP contribution < -0.4 is 5.73 Å². The van der Waals surface area contributed by atoms with Gasteiger partial charge in [0.2, 0.25) is 0 Å². The molecule has 110 valence electrons. The molecule has 0 fully saturated rings. The second-order valence-electron chi connectivity index (χ2n) is 4.38. The highest BCUT2D eigenvalue weighted by Crippen LogP contribution is 2.34. The minimum atomic E-state index is -0.507. The predicted octanol–water partition coefficient (Wildman–Crippen LogP) is 2.76. The van der Waals surface area contributed by atoms with E-state index < -0.39 is 5.25 Å². The molecule has 1 aromatic heterocycles. The topological polar surface area (TPSA) is 78.1 Å². The van der Waals surface area contributed by atoms with Crippen molar-refractivity contribution in [2.24, 2.45) is 0 Å². The third kappa shape index (κ3) is 4.19. The molecule has 0 radical (unpaired) electrons. The fourth-order valence-electron chi connectivity index (χ4n) is 1.82. The van der Waals surface area contributed by atoms with Gasteiger partial charge in [0.05, 0.1) is 6.61 Å². The summed E-state index contributed by atoms with van der Waals surface area (Å²) >= 11 is 1.24. The van der Waals surface area contributed by atoms with Gasteiger partial charge in [0.1, 0.15) is 11.1 Å². The first-order chi connectivity index (χ1) is 10.1. The fourth-order valence-corrected chi connectivity index (χ4v) is 2.84. The standard InChI is InChI=1S/C15H17N3O2S/c1-3-20-14(19)13(11-7-5-4-6-8-11)21-15-17-10(2)9-12(16)18-15/h4-9,13H,3H2,1-2H3,(H2,16,17,18)/t13-/m0/s1. The summed E-state index contributed by atoms with van der Waals surface area (Å²) in [4.78, 5) is 20.7. The van der Waals surface area contributed by atoms with Crippen LogP contribution in [-0.2, 0) is 9.53 Å². The summed E-state index contributed by atoms with van der Waals surface area (Å²) in [5.74, 6) is 0.0815. The van der Waals surface area contributed by atoms with Gasteiger partial charge in [-0.3, -0.25) is 4.79 Å². The lowest BCUT2D eigenvalue weighted by atomic mass is 10.1. The van der Waals surface area contributed by atoms with Gasteiger partial charge in [0, 0.05) is 11.8 Å². The SMILES string of the molecule is CCOC(=O)[C@@H](Sc1nc(C)cc(N)n1)c1ccccc1. The van der Waals surface area contributed by atoms with Crippen LogP contribution in [0.3, 0.4) is 0 Å². The van der Waals surface area contributed by atoms with E-state index in [9.17, 15) is 4.79 Å². The summed E-state index contributed by atoms with van der Waals surface area (Å²) in [5.41, 5.74) is 7.34. The Bertz CT molecular complexity index is 599. The van der Waals surface area contributed by atoms with E-state index in [4.69, 9.17) is 10.5 Å². The summed E-state index contributed by atoms with van der Waals surface area (Å²) < 4.78 is 5.14. The first-order valence-electron chi connectivity index (χ1n) is 6.59. The van der Waals surface area contributed by atoms with Gasteiger partial charge in [-0.15, -0.1) is 0 Å². The number of nitrogens with zero attached hydrogens (tertiary/aromatic N) is 2. The first-order valence-corrected chi connectivity index (χ1v) is 7.47. The highest BCUT2D eigenvalue weighted by Gasteiger charge is 2.24. The number of aromatic nitrogens is 2. The van der Waals surface area contributed by atoms with Crippen molar-refractivity contribution in [2.45, 2.75) is 24.3 Å². The number of esters is 1. The van der Waals surface area contributed by atoms with E-state index in [0.29, 0.717) is 17.6 Å². The monoisotopic (exact) mass is 303 g/mol. The van der Waals surface area contributed by atoms with Crippen molar-refractivity contribution in [3.8, 4) is 0 Å². The van der Waals surface area contributed by atoms with Crippen molar-refractivity contribution in [2.75, 3.05) is 12.3 Å². The highest BCUT2D eigenvalue weighted by molar-refractivity contribution is 8.00. The Hall–Kier alpha value is -2.08. The Kier molecular flexibility index (Phi) is 5.16. The van der Waals surface area contributed by atoms with Crippen LogP contribution in [-0.4, -0.2) is 22.5 Å². The van der Waals surface area contributed by atoms with Crippen molar-refractivity contribution >= 4 is 23.5 Å². The van der Waals surface area contributed by atoms with Crippen LogP contribution in [0.1, 0.15) is 23.4 Å². The van der Waals surface area contributed by atoms with Gasteiger partial charge in [-0.25, -0.2) is 9.97 Å². The average Bonchev–Trinajstić information content (AvgIpc) is 2.45. The normalized spacial score (nSPS) is 11.9. The van der Waals surface area contributed by atoms with Gasteiger partial charge >= 0.3 is 5.97 Å². The zero-order valence-corrected chi connectivity index (χ0v) is 12.8. The van der Waals surface area contributed by atoms with Crippen LogP contribution in [0.4, 0.5) is 5.82 Å². The molecule has 5 nitrogen and oxygen atoms in total. The van der Waals surface area contributed by atoms with Gasteiger partial charge in [-0.05, 0) is 19.4 Å². The molecule has 0 bridgehead atoms. The molecule has 0 amide bonds. The number of carbonyl (C=O) groups excluding carboxylic acids is 1. The Morgan fingerprint density at radius 1 is 1.33 bits per heavy atom. The quantitative estimate of drug-likeness (QED) is 0.520. The van der Waals surface area contributed by atoms with Crippen molar-refractivity contribution in [1.82, 2.24) is 9.97 Å². The Morgan fingerprint density at radius 2 is 2.05 bits per heavy atom. The van der Waals surface area contributed by atoms with Crippen molar-refractivity contribution in [3.63, 3.8) is 0 Å². The van der Waals surface area contributed by atoms with Gasteiger partial charge in [-0.1, -0.05) is 42.1 Å². The van der Waals surface area contributed by atoms with Crippen LogP contribution >= 0.6 is 11.8 Å². The molecule has 2 rings (SSSR count). The molecule has 21 heavy (non-hydrogen) atoms. The number of nitrogens with two attached hydrogens (primary N) is 1. The van der Waals surface area contributed by atoms with Gasteiger partial charge in [0.15, 0.2) is 5.16 Å². The number of rotatable bonds is 5. The van der Waals surface area contributed by atoms with Crippen molar-refractivity contribution in [1.29, 1.82) is 0 Å². The van der Waals surface area contributed by atoms with Gasteiger partial charge < -0.3 is 10.5 Å². The number of nitrogen functional groups attached to an aromatic ring is 1. The molecule has 0 aliphatic heterocycles. The maximum Gasteiger partial charge on any atom is 0.324 e. The molecule has 2 N–H and O–H groups in total. The summed E-state index contributed by atoms with van der Waals surface area (Å²) in [6.45, 7) is 3.95. The number of hydrogen-bond donors (Lipinski definition) is 1. The lowest BCUT2D eigenvalue weighted by molar-refractivity contribution is -0.142. The maximum absolute atomic E-state index is 12.2. The summed E-state index contributed by atoms with van der Waals surface area (Å²) in [6.07, 6.45) is 0. The number of anilines is 1. The van der Waals surface area contributed by atoms with E-state index in [2.05, 4.69) is 9.97 Å². The third-order valence-corrected chi connectivity index (χ3v) is 3.77. The molecule has 1 heterocycles. The molecular weight excluding hydrogens is 286 g/mol. The highest BCUT2D eigenvalue weighted by atomic mass is 32.2. The van der Waals surface area contributed by atoms with E-state index in [0.717, 1.165) is 11.3 Å². The number of aryl methyl sites for hydroxylation is 1. The van der Waals surface area contributed by atoms with Gasteiger partial charge in [0.25, 0.3) is 0 Å². The second-order valence-corrected chi connectivity index (χ2v) is 5.45. The summed E-state index contributed by atoms with van der Waals surface area (Å²) in [7, 11) is 0. The first kappa shape index (κ1) is 15.3. The number of thioether (sulfide) groups is 1. The van der Waals surface area contributed by atoms with E-state index >= 15 is 0 Å². The molecule has 0 aliphatic rings. The predicted molar refractivity (Wildman–Crippen MR) is 82.9 cm³/mol. The van der Waals surface area contributed by atoms with Crippen molar-refractivity contribution < 1.29 is 9.53 Å². The molecule has 0 unspecified atom stereocenters. The lowest BCUT2D eigenvalue weighted by Gasteiger charge is -2.15. The van der Waals surface area contributed by atoms with Crippen molar-refractivity contribution in [3.05, 3.63) is 47.7 Å². The molecule has 0 aliphatic carbocycles. The zero-order valence-electron chi connectivity index (χ0n) is 11.9. The van der Waals surface area contributed by atoms with Crippen LogP contribution in [0.15, 0.2) is 41.6 Å². The van der Waals surface area contributed by atoms with E-state index in [1.165, 1.54) is 11.8 Å². The van der Waals surface area contributed by atoms with Crippen LogP contribution in [0.25, 0.3) is 0 Å². The van der Waals surface area contributed by atoms with Crippen LogP contribution in [0.2, 0.25) is 0 Å². The number of carbonyl (C=O) groups is 1. The molecule has 1 atom stereocenters. The molecule has 2 aromatic rings. The molecule has 0 saturated heterocycles. The van der Waals surface area contributed by atoms with E-state index in [1.54, 1.807) is 13.0 Å². The molecule has 0 saturated carbocycles. The van der Waals surface area contributed by atoms with E-state index in [1.807, 2.05) is 37.3 Å². The largest absolute Gasteiger partial charge is 0.465 e. The number of benzene rings is 1. The van der Waals surface area contributed by atoms with Crippen LogP contribution in [0.5, 0.6) is 0 Å². The number of hydrogen-bond acceptors (Lipinski definition) is 6. The Balaban J connectivity index is 2.29. The van der Waals surface area contributed by atoms with E-state index in [-0.39, 0.29) is 5.97 Å². The minimum absolute atomic E-state index is 0.308. The smallest absolute Gasteiger partial charge is 0.324 e. The van der Waals surface area contributed by atoms with Gasteiger partial charge in [-0.2, -0.15) is 0 Å². The second kappa shape index (κ2) is 7.08. The Labute approximate surface area is 127 Å². The minimum Gasteiger partial charge on any atom is -0.465 e. The maximum atomic E-state index is 12.2. The fraction of sp³-hybridized carbons (Fsp3) is 0.267. The third-order valence-electron chi connectivity index (χ3n) is 2.68. The molecular formula is C15H17N3O2S. The zero-order chi connectivity index (χ0) is 15.2. The lowest BCUT2D eigenvalue weighted by Crippen LogP contribution is -2.14. The average molecular weight is 303 g/mol. The molecule has 0 spiro atoms. The summed E-state index contributed by atoms with van der Waals surface area (Å²) in [6, 6.07) is 11.1. The molecule has 6 heteroatoms. The molecule has 1 aromatic carbocycles. The van der Waals surface area contributed by atoms with Crippen LogP contribution in [0, 0.1) is 6.92 Å². The summed E-state index contributed by atoms with van der Waals surface area (Å²) in [5, 5.41) is -0.0400. The number of ether oxygens (including phenoxy) is 1.